The number of anilines is 1. The highest BCUT2D eigenvalue weighted by Crippen LogP contribution is 2.55. The van der Waals surface area contributed by atoms with Crippen molar-refractivity contribution >= 4 is 38.0 Å². The van der Waals surface area contributed by atoms with E-state index in [0.717, 1.165) is 18.8 Å². The highest BCUT2D eigenvalue weighted by molar-refractivity contribution is 7.70. The summed E-state index contributed by atoms with van der Waals surface area (Å²) < 4.78 is 49.6. The second-order valence-corrected chi connectivity index (χ2v) is 13.8. The van der Waals surface area contributed by atoms with E-state index in [-0.39, 0.29) is 11.0 Å². The Labute approximate surface area is 204 Å². The summed E-state index contributed by atoms with van der Waals surface area (Å²) >= 11 is 6.29. The first kappa shape index (κ1) is 25.5. The highest BCUT2D eigenvalue weighted by atomic mass is 35.5. The van der Waals surface area contributed by atoms with Crippen LogP contribution in [0.1, 0.15) is 31.2 Å². The second-order valence-electron chi connectivity index (χ2n) is 9.39. The van der Waals surface area contributed by atoms with Crippen LogP contribution in [0.3, 0.4) is 0 Å². The molecule has 1 aliphatic carbocycles. The average molecular weight is 555 g/mol. The number of hydrogen-bond donors (Lipinski definition) is 4. The Morgan fingerprint density at radius 1 is 1.23 bits per heavy atom. The zero-order chi connectivity index (χ0) is 25.1. The van der Waals surface area contributed by atoms with Crippen molar-refractivity contribution < 1.29 is 42.6 Å². The molecule has 3 aliphatic rings. The number of aliphatic hydroxyl groups is 1. The molecule has 2 aliphatic heterocycles. The fourth-order valence-corrected chi connectivity index (χ4v) is 8.11. The normalized spacial score (nSPS) is 32.9. The number of rotatable bonds is 7. The summed E-state index contributed by atoms with van der Waals surface area (Å²) in [6, 6.07) is 1.75. The van der Waals surface area contributed by atoms with Crippen molar-refractivity contribution in [2.45, 2.75) is 43.7 Å². The Morgan fingerprint density at radius 2 is 1.91 bits per heavy atom. The molecule has 2 aromatic rings. The molecule has 1 saturated carbocycles. The molecule has 0 bridgehead atoms. The number of imidazole rings is 1. The zero-order valence-corrected chi connectivity index (χ0v) is 21.0. The topological polar surface area (TPSA) is 167 Å². The molecule has 0 radical (unpaired) electrons. The van der Waals surface area contributed by atoms with Gasteiger partial charge in [-0.15, -0.1) is 0 Å². The first-order valence-electron chi connectivity index (χ1n) is 11.2. The minimum absolute atomic E-state index is 0.0552. The maximum Gasteiger partial charge on any atom is 0.340 e. The van der Waals surface area contributed by atoms with Crippen molar-refractivity contribution in [1.29, 1.82) is 0 Å². The molecule has 12 nitrogen and oxygen atoms in total. The van der Waals surface area contributed by atoms with E-state index in [2.05, 4.69) is 15.0 Å². The molecule has 194 valence electrons. The van der Waals surface area contributed by atoms with Gasteiger partial charge in [0.25, 0.3) is 0 Å². The molecule has 2 aromatic heterocycles. The van der Waals surface area contributed by atoms with Crippen LogP contribution in [0.5, 0.6) is 0 Å². The number of ether oxygens (including phenoxy) is 1. The molecule has 4 N–H and O–H groups in total. The molecule has 3 fully saturated rings. The van der Waals surface area contributed by atoms with Crippen molar-refractivity contribution in [3.8, 4) is 0 Å². The number of aliphatic hydroxyl groups excluding tert-OH is 1. The largest absolute Gasteiger partial charge is 0.387 e. The van der Waals surface area contributed by atoms with E-state index >= 15 is 4.39 Å². The van der Waals surface area contributed by atoms with Gasteiger partial charge in [0.15, 0.2) is 29.2 Å². The molecule has 3 unspecified atom stereocenters. The molecule has 35 heavy (non-hydrogen) atoms. The van der Waals surface area contributed by atoms with Gasteiger partial charge in [-0.05, 0) is 24.7 Å². The van der Waals surface area contributed by atoms with Crippen LogP contribution in [0.25, 0.3) is 5.52 Å². The van der Waals surface area contributed by atoms with Crippen molar-refractivity contribution in [3.63, 3.8) is 0 Å². The predicted molar refractivity (Wildman–Crippen MR) is 122 cm³/mol. The van der Waals surface area contributed by atoms with Crippen LogP contribution in [0.4, 0.5) is 10.1 Å². The van der Waals surface area contributed by atoms with Crippen molar-refractivity contribution in [3.05, 3.63) is 23.2 Å². The fraction of sp³-hybridized carbons (Fsp3) is 0.684. The van der Waals surface area contributed by atoms with Crippen LogP contribution in [0, 0.1) is 11.8 Å². The highest BCUT2D eigenvalue weighted by Gasteiger charge is 2.48. The lowest BCUT2D eigenvalue weighted by Crippen LogP contribution is -2.31. The quantitative estimate of drug-likeness (QED) is 0.370. The number of fused-ring (bicyclic) bond motifs is 2. The lowest BCUT2D eigenvalue weighted by molar-refractivity contribution is -0.0211. The van der Waals surface area contributed by atoms with Crippen molar-refractivity contribution in [2.75, 3.05) is 30.5 Å². The Hall–Kier alpha value is -1.14. The van der Waals surface area contributed by atoms with Gasteiger partial charge in [0, 0.05) is 19.2 Å². The third-order valence-electron chi connectivity index (χ3n) is 6.92. The average Bonchev–Trinajstić information content (AvgIpc) is 3.49. The molecule has 2 saturated heterocycles. The summed E-state index contributed by atoms with van der Waals surface area (Å²) in [7, 11) is -9.53. The van der Waals surface area contributed by atoms with Crippen LogP contribution in [-0.4, -0.2) is 78.4 Å². The van der Waals surface area contributed by atoms with Gasteiger partial charge in [0.1, 0.15) is 17.7 Å². The lowest BCUT2D eigenvalue weighted by atomic mass is 10.0. The molecule has 0 spiro atoms. The summed E-state index contributed by atoms with van der Waals surface area (Å²) in [6.07, 6.45) is -1.30. The van der Waals surface area contributed by atoms with Gasteiger partial charge in [0.2, 0.25) is 0 Å². The number of nitrogens with zero attached hydrogens (tertiary/aromatic N) is 4. The molecule has 4 heterocycles. The number of hydrogen-bond acceptors (Lipinski definition) is 8. The molecular weight excluding hydrogens is 529 g/mol. The van der Waals surface area contributed by atoms with E-state index < -0.39 is 52.2 Å². The maximum atomic E-state index is 15.1. The summed E-state index contributed by atoms with van der Waals surface area (Å²) in [5.74, 6) is -0.0948. The van der Waals surface area contributed by atoms with E-state index in [0.29, 0.717) is 17.4 Å². The summed E-state index contributed by atoms with van der Waals surface area (Å²) in [5, 5.41) is 14.7. The van der Waals surface area contributed by atoms with E-state index in [9.17, 15) is 19.1 Å². The van der Waals surface area contributed by atoms with E-state index in [1.165, 1.54) is 30.0 Å². The standard InChI is InChI=1S/C19H26ClFN4O8P2/c20-15-4-12(24-6-10-2-1-3-11(10)7-24)13-5-22-19(25(13)23-15)18-16(21)17(26)14(33-18)8-32-35(30,31)9-34(27,28)29/h4-5,10-11,14,16-18,26H,1-3,6-9H2,(H,30,31)(H2,27,28,29)/t10?,11?,14-,16+,17-,18-/m1/s1. The predicted octanol–water partition coefficient (Wildman–Crippen LogP) is 2.10. The van der Waals surface area contributed by atoms with E-state index in [1.807, 2.05) is 0 Å². The SMILES string of the molecule is O=P(O)(O)CP(=O)(O)OC[C@H]1O[C@@H](c2ncc3c(N4CC5CCCC5C4)cc(Cl)nn23)[C@@H](F)[C@@H]1O. The number of alkyl halides is 1. The Morgan fingerprint density at radius 3 is 2.57 bits per heavy atom. The van der Waals surface area contributed by atoms with Gasteiger partial charge in [0.05, 0.1) is 18.5 Å². The van der Waals surface area contributed by atoms with Gasteiger partial charge >= 0.3 is 15.2 Å². The Bertz CT molecular complexity index is 1200. The third kappa shape index (κ3) is 5.16. The van der Waals surface area contributed by atoms with Gasteiger partial charge in [-0.1, -0.05) is 18.0 Å². The van der Waals surface area contributed by atoms with Crippen LogP contribution >= 0.6 is 26.8 Å². The van der Waals surface area contributed by atoms with Crippen LogP contribution in [0.2, 0.25) is 5.15 Å². The minimum atomic E-state index is -4.83. The first-order chi connectivity index (χ1) is 16.4. The number of aromatic nitrogens is 3. The van der Waals surface area contributed by atoms with Gasteiger partial charge in [-0.2, -0.15) is 5.10 Å². The molecule has 0 amide bonds. The van der Waals surface area contributed by atoms with E-state index in [4.69, 9.17) is 30.6 Å². The second kappa shape index (κ2) is 9.31. The monoisotopic (exact) mass is 554 g/mol. The Balaban J connectivity index is 1.36. The fourth-order valence-electron chi connectivity index (χ4n) is 5.36. The smallest absolute Gasteiger partial charge is 0.340 e. The maximum absolute atomic E-state index is 15.1. The Kier molecular flexibility index (Phi) is 6.78. The van der Waals surface area contributed by atoms with Crippen LogP contribution in [0.15, 0.2) is 12.3 Å². The summed E-state index contributed by atoms with van der Waals surface area (Å²) in [5.41, 5.74) is 1.43. The van der Waals surface area contributed by atoms with Crippen molar-refractivity contribution in [1.82, 2.24) is 14.6 Å². The van der Waals surface area contributed by atoms with Gasteiger partial charge < -0.3 is 33.9 Å². The van der Waals surface area contributed by atoms with E-state index in [1.54, 1.807) is 6.07 Å². The molecule has 0 aromatic carbocycles. The zero-order valence-electron chi connectivity index (χ0n) is 18.4. The first-order valence-corrected chi connectivity index (χ1v) is 15.1. The molecule has 7 atom stereocenters. The molecular formula is C19H26ClFN4O8P2. The minimum Gasteiger partial charge on any atom is -0.387 e. The van der Waals surface area contributed by atoms with Gasteiger partial charge in [-0.3, -0.25) is 9.13 Å². The van der Waals surface area contributed by atoms with Crippen molar-refractivity contribution in [2.24, 2.45) is 11.8 Å². The molecule has 5 rings (SSSR count). The lowest BCUT2D eigenvalue weighted by Gasteiger charge is -2.21. The number of halogens is 2. The van der Waals surface area contributed by atoms with Crippen LogP contribution < -0.4 is 4.90 Å². The third-order valence-corrected chi connectivity index (χ3v) is 10.6. The van der Waals surface area contributed by atoms with Crippen LogP contribution in [-0.2, 0) is 18.4 Å². The summed E-state index contributed by atoms with van der Waals surface area (Å²) in [6.45, 7) is 1.02. The summed E-state index contributed by atoms with van der Waals surface area (Å²) in [4.78, 5) is 34.0. The van der Waals surface area contributed by atoms with Gasteiger partial charge in [-0.25, -0.2) is 13.9 Å². The molecule has 16 heteroatoms.